The van der Waals surface area contributed by atoms with Crippen molar-refractivity contribution in [3.8, 4) is 34.8 Å². The second kappa shape index (κ2) is 18.6. The second-order valence-corrected chi connectivity index (χ2v) is 15.8. The van der Waals surface area contributed by atoms with E-state index in [-0.39, 0.29) is 51.3 Å². The van der Waals surface area contributed by atoms with Gasteiger partial charge < -0.3 is 43.8 Å². The Labute approximate surface area is 342 Å². The van der Waals surface area contributed by atoms with Gasteiger partial charge in [0.15, 0.2) is 29.8 Å². The molecule has 2 aromatic carbocycles. The average molecular weight is 802 g/mol. The van der Waals surface area contributed by atoms with Crippen molar-refractivity contribution in [2.24, 2.45) is 0 Å². The van der Waals surface area contributed by atoms with Gasteiger partial charge in [-0.05, 0) is 72.6 Å². The number of amides is 2. The molecule has 3 heterocycles. The number of fused-ring (bicyclic) bond motifs is 7. The number of nitrogens with zero attached hydrogens (tertiary/aromatic N) is 3. The van der Waals surface area contributed by atoms with Gasteiger partial charge in [-0.15, -0.1) is 0 Å². The quantitative estimate of drug-likeness (QED) is 0.147. The molecule has 5 rings (SSSR count). The zero-order valence-corrected chi connectivity index (χ0v) is 35.4. The maximum absolute atomic E-state index is 13.9. The van der Waals surface area contributed by atoms with Gasteiger partial charge in [0.2, 0.25) is 5.91 Å². The van der Waals surface area contributed by atoms with Crippen LogP contribution in [0.15, 0.2) is 44.0 Å². The van der Waals surface area contributed by atoms with E-state index in [0.717, 1.165) is 33.4 Å². The molecule has 0 saturated carbocycles. The first-order valence-corrected chi connectivity index (χ1v) is 19.6. The van der Waals surface area contributed by atoms with Crippen molar-refractivity contribution in [3.05, 3.63) is 77.4 Å². The third-order valence-electron chi connectivity index (χ3n) is 10.8. The summed E-state index contributed by atoms with van der Waals surface area (Å²) in [6, 6.07) is 1.67. The summed E-state index contributed by atoms with van der Waals surface area (Å²) in [6.45, 7) is 23.0. The summed E-state index contributed by atoms with van der Waals surface area (Å²) < 4.78 is 42.5. The van der Waals surface area contributed by atoms with Crippen LogP contribution < -0.4 is 34.3 Å². The van der Waals surface area contributed by atoms with E-state index < -0.39 is 35.7 Å². The fourth-order valence-electron chi connectivity index (χ4n) is 8.64. The molecule has 0 spiro atoms. The highest BCUT2D eigenvalue weighted by Crippen LogP contribution is 2.58. The van der Waals surface area contributed by atoms with Crippen molar-refractivity contribution in [1.29, 1.82) is 5.26 Å². The van der Waals surface area contributed by atoms with Crippen LogP contribution in [0.5, 0.6) is 28.7 Å². The van der Waals surface area contributed by atoms with Crippen molar-refractivity contribution in [2.45, 2.75) is 96.2 Å². The number of ether oxygens (including phenoxy) is 7. The molecular formula is C44H59N5O9. The maximum Gasteiger partial charge on any atom is 0.408 e. The monoisotopic (exact) mass is 801 g/mol. The Morgan fingerprint density at radius 1 is 0.931 bits per heavy atom. The van der Waals surface area contributed by atoms with Crippen molar-refractivity contribution in [3.63, 3.8) is 0 Å². The lowest BCUT2D eigenvalue weighted by Crippen LogP contribution is -2.69. The number of benzene rings is 2. The van der Waals surface area contributed by atoms with E-state index >= 15 is 0 Å². The predicted octanol–water partition coefficient (Wildman–Crippen LogP) is 5.79. The number of carbonyl (C=O) groups excluding carboxylic acids is 2. The molecule has 0 aliphatic carbocycles. The number of nitriles is 1. The number of likely N-dealkylation sites (N-methyl/N-ethyl adjacent to an activating group) is 1. The molecule has 2 bridgehead atoms. The van der Waals surface area contributed by atoms with E-state index in [1.807, 2.05) is 20.9 Å². The van der Waals surface area contributed by atoms with Crippen molar-refractivity contribution < 1.29 is 42.7 Å². The van der Waals surface area contributed by atoms with Crippen LogP contribution in [0.4, 0.5) is 4.79 Å². The molecule has 1 saturated heterocycles. The van der Waals surface area contributed by atoms with E-state index in [4.69, 9.17) is 33.2 Å². The summed E-state index contributed by atoms with van der Waals surface area (Å²) in [7, 11) is 5.25. The first kappa shape index (κ1) is 43.9. The Bertz CT molecular complexity index is 1940. The minimum Gasteiger partial charge on any atom is -0.493 e. The average Bonchev–Trinajstić information content (AvgIpc) is 3.16. The molecule has 1 fully saturated rings. The molecule has 0 radical (unpaired) electrons. The third-order valence-corrected chi connectivity index (χ3v) is 10.8. The maximum atomic E-state index is 13.9. The molecule has 3 aliphatic heterocycles. The zero-order valence-electron chi connectivity index (χ0n) is 35.4. The van der Waals surface area contributed by atoms with Gasteiger partial charge in [0.1, 0.15) is 43.3 Å². The van der Waals surface area contributed by atoms with Crippen LogP contribution in [-0.2, 0) is 27.1 Å². The van der Waals surface area contributed by atoms with Crippen LogP contribution in [0.1, 0.15) is 73.2 Å². The summed E-state index contributed by atoms with van der Waals surface area (Å²) in [5, 5.41) is 16.9. The van der Waals surface area contributed by atoms with Gasteiger partial charge in [-0.3, -0.25) is 14.6 Å². The molecule has 0 unspecified atom stereocenters. The Morgan fingerprint density at radius 2 is 1.55 bits per heavy atom. The van der Waals surface area contributed by atoms with Gasteiger partial charge in [0.05, 0.1) is 25.3 Å². The van der Waals surface area contributed by atoms with E-state index in [0.29, 0.717) is 41.6 Å². The van der Waals surface area contributed by atoms with Gasteiger partial charge in [-0.2, -0.15) is 5.26 Å². The lowest BCUT2D eigenvalue weighted by molar-refractivity contribution is -0.123. The van der Waals surface area contributed by atoms with Gasteiger partial charge >= 0.3 is 6.09 Å². The molecule has 0 aromatic heterocycles. The highest BCUT2D eigenvalue weighted by molar-refractivity contribution is 5.85. The summed E-state index contributed by atoms with van der Waals surface area (Å²) in [5.74, 6) is 2.27. The molecule has 58 heavy (non-hydrogen) atoms. The SMILES string of the molecule is C=CCOc1c(C)c(OCC=C)c(OCC=C)c2c1C[C@H]1[C@@H]3c4c(cc(C)c(OC)c4OCOC)C[C@H]([C@H](C#N)N1[C@H]2CNC(=O)[C@H](C)NC(=O)OC(C)(C)C)N3C. The topological polar surface area (TPSA) is 153 Å². The zero-order chi connectivity index (χ0) is 42.5. The molecule has 2 N–H and O–H groups in total. The smallest absolute Gasteiger partial charge is 0.408 e. The molecule has 2 aromatic rings. The summed E-state index contributed by atoms with van der Waals surface area (Å²) in [5.41, 5.74) is 4.46. The van der Waals surface area contributed by atoms with E-state index in [1.54, 1.807) is 60.1 Å². The number of methoxy groups -OCH3 is 2. The fourth-order valence-corrected chi connectivity index (χ4v) is 8.64. The lowest BCUT2D eigenvalue weighted by atomic mass is 9.71. The Morgan fingerprint density at radius 3 is 2.14 bits per heavy atom. The largest absolute Gasteiger partial charge is 0.493 e. The lowest BCUT2D eigenvalue weighted by Gasteiger charge is -2.60. The van der Waals surface area contributed by atoms with Crippen LogP contribution in [0.25, 0.3) is 0 Å². The first-order chi connectivity index (χ1) is 27.7. The Hall–Kier alpha value is -5.23. The highest BCUT2D eigenvalue weighted by Gasteiger charge is 2.57. The van der Waals surface area contributed by atoms with Crippen LogP contribution in [0, 0.1) is 25.2 Å². The summed E-state index contributed by atoms with van der Waals surface area (Å²) >= 11 is 0. The molecular weight excluding hydrogens is 743 g/mol. The summed E-state index contributed by atoms with van der Waals surface area (Å²) in [6.07, 6.45) is 5.25. The standard InChI is InChI=1S/C44H59N5O9/c1-13-16-54-38-26(5)39(55-17-14-2)41(56-18-15-3)35-29(38)21-31-36-34-28(19-25(4)37(53-12)40(34)57-24-52-11)20-30(48(36)10)32(22-45)49(31)33(35)23-46-42(50)27(6)47-43(51)58-44(7,8)9/h13-15,19,27,30-33,36H,1-3,16-18,20-21,23-24H2,4-12H3,(H,46,50)(H,47,51)/t27-,30+,31-,32-,33-,36+/m0/s1. The molecule has 3 aliphatic rings. The Balaban J connectivity index is 1.76. The number of alkyl carbamates (subject to hydrolysis) is 1. The molecule has 14 nitrogen and oxygen atoms in total. The van der Waals surface area contributed by atoms with Gasteiger partial charge in [0.25, 0.3) is 0 Å². The number of carbonyl (C=O) groups is 2. The van der Waals surface area contributed by atoms with Crippen molar-refractivity contribution >= 4 is 12.0 Å². The molecule has 314 valence electrons. The molecule has 2 amide bonds. The van der Waals surface area contributed by atoms with Crippen LogP contribution >= 0.6 is 0 Å². The van der Waals surface area contributed by atoms with Gasteiger partial charge in [-0.1, -0.05) is 44.0 Å². The Kier molecular flexibility index (Phi) is 14.1. The van der Waals surface area contributed by atoms with Crippen LogP contribution in [-0.4, -0.2) is 106 Å². The molecule has 14 heteroatoms. The van der Waals surface area contributed by atoms with Gasteiger partial charge in [-0.25, -0.2) is 4.79 Å². The second-order valence-electron chi connectivity index (χ2n) is 15.8. The first-order valence-electron chi connectivity index (χ1n) is 19.6. The number of hydrogen-bond acceptors (Lipinski definition) is 12. The van der Waals surface area contributed by atoms with E-state index in [9.17, 15) is 14.9 Å². The van der Waals surface area contributed by atoms with Crippen LogP contribution in [0.3, 0.4) is 0 Å². The molecule has 6 atom stereocenters. The minimum absolute atomic E-state index is 0.00451. The number of rotatable bonds is 17. The van der Waals surface area contributed by atoms with E-state index in [2.05, 4.69) is 52.3 Å². The predicted molar refractivity (Wildman–Crippen MR) is 220 cm³/mol. The number of aryl methyl sites for hydroxylation is 1. The van der Waals surface area contributed by atoms with Gasteiger partial charge in [0, 0.05) is 48.0 Å². The van der Waals surface area contributed by atoms with Crippen molar-refractivity contribution in [1.82, 2.24) is 20.4 Å². The highest BCUT2D eigenvalue weighted by atomic mass is 16.7. The van der Waals surface area contributed by atoms with Crippen LogP contribution in [0.2, 0.25) is 0 Å². The third kappa shape index (κ3) is 8.62. The normalized spacial score (nSPS) is 21.4. The number of hydrogen-bond donors (Lipinski definition) is 2. The number of nitrogens with one attached hydrogen (secondary N) is 2. The van der Waals surface area contributed by atoms with Crippen molar-refractivity contribution in [2.75, 3.05) is 54.4 Å². The summed E-state index contributed by atoms with van der Waals surface area (Å²) in [4.78, 5) is 31.0. The van der Waals surface area contributed by atoms with E-state index in [1.165, 1.54) is 0 Å². The number of piperazine rings is 1. The minimum atomic E-state index is -0.942. The fraction of sp³-hybridized carbons (Fsp3) is 0.523.